The number of ether oxygens (including phenoxy) is 2. The molecule has 3 heterocycles. The Labute approximate surface area is 157 Å². The van der Waals surface area contributed by atoms with Gasteiger partial charge in [0.05, 0.1) is 6.61 Å². The fourth-order valence-corrected chi connectivity index (χ4v) is 5.27. The number of piperidine rings is 1. The summed E-state index contributed by atoms with van der Waals surface area (Å²) in [5, 5.41) is 0. The van der Waals surface area contributed by atoms with E-state index in [4.69, 9.17) is 9.47 Å². The van der Waals surface area contributed by atoms with Crippen molar-refractivity contribution in [3.05, 3.63) is 21.4 Å². The molecule has 0 saturated carbocycles. The van der Waals surface area contributed by atoms with Gasteiger partial charge in [0.25, 0.3) is 0 Å². The fraction of sp³-hybridized carbons (Fsp3) is 0.737. The number of nitrogens with zero attached hydrogens (tertiary/aromatic N) is 1. The number of carbonyl (C=O) groups excluding carboxylic acids is 1. The standard InChI is InChI=1S/C19H27F2NO3S/c1-12-11-19(6-7-22(12)17(23)25-18(2,3)4)16-13(5-8-24-19)9-14(26-16)10-15(20)21/h9,12,15H,5-8,10-11H2,1-4H3. The normalized spacial score (nSPS) is 26.3. The zero-order valence-electron chi connectivity index (χ0n) is 15.8. The number of rotatable bonds is 2. The Morgan fingerprint density at radius 2 is 2.23 bits per heavy atom. The van der Waals surface area contributed by atoms with E-state index >= 15 is 0 Å². The van der Waals surface area contributed by atoms with Crippen molar-refractivity contribution in [2.45, 2.75) is 77.0 Å². The lowest BCUT2D eigenvalue weighted by molar-refractivity contribution is -0.108. The molecular formula is C19H27F2NO3S. The molecule has 0 N–H and O–H groups in total. The van der Waals surface area contributed by atoms with Crippen LogP contribution in [0.4, 0.5) is 13.6 Å². The van der Waals surface area contributed by atoms with Crippen LogP contribution in [-0.2, 0) is 27.9 Å². The highest BCUT2D eigenvalue weighted by Crippen LogP contribution is 2.47. The lowest BCUT2D eigenvalue weighted by atomic mass is 9.82. The van der Waals surface area contributed by atoms with Crippen molar-refractivity contribution in [1.29, 1.82) is 0 Å². The van der Waals surface area contributed by atoms with Crippen LogP contribution in [0.15, 0.2) is 6.07 Å². The summed E-state index contributed by atoms with van der Waals surface area (Å²) >= 11 is 1.45. The average Bonchev–Trinajstić information content (AvgIpc) is 2.88. The highest BCUT2D eigenvalue weighted by molar-refractivity contribution is 7.12. The van der Waals surface area contributed by atoms with E-state index < -0.39 is 17.6 Å². The van der Waals surface area contributed by atoms with Crippen LogP contribution in [0.3, 0.4) is 0 Å². The molecule has 1 aromatic rings. The summed E-state index contributed by atoms with van der Waals surface area (Å²) in [4.78, 5) is 16.0. The Hall–Kier alpha value is -1.21. The largest absolute Gasteiger partial charge is 0.444 e. The van der Waals surface area contributed by atoms with Gasteiger partial charge < -0.3 is 14.4 Å². The van der Waals surface area contributed by atoms with Crippen LogP contribution in [0.1, 0.15) is 55.9 Å². The molecule has 0 bridgehead atoms. The summed E-state index contributed by atoms with van der Waals surface area (Å²) in [5.74, 6) is 0. The van der Waals surface area contributed by atoms with Gasteiger partial charge in [-0.1, -0.05) is 0 Å². The average molecular weight is 387 g/mol. The highest BCUT2D eigenvalue weighted by Gasteiger charge is 2.46. The van der Waals surface area contributed by atoms with Gasteiger partial charge >= 0.3 is 6.09 Å². The SMILES string of the molecule is CC1CC2(CCN1C(=O)OC(C)(C)C)OCCc1cc(CC(F)F)sc12. The maximum atomic E-state index is 12.8. The number of hydrogen-bond donors (Lipinski definition) is 0. The van der Waals surface area contributed by atoms with Crippen molar-refractivity contribution in [1.82, 2.24) is 4.90 Å². The van der Waals surface area contributed by atoms with E-state index in [0.717, 1.165) is 21.7 Å². The topological polar surface area (TPSA) is 38.8 Å². The van der Waals surface area contributed by atoms with Crippen LogP contribution >= 0.6 is 11.3 Å². The molecule has 1 spiro atoms. The molecule has 1 amide bonds. The number of alkyl halides is 2. The van der Waals surface area contributed by atoms with Crippen molar-refractivity contribution in [2.24, 2.45) is 0 Å². The van der Waals surface area contributed by atoms with Gasteiger partial charge in [0.15, 0.2) is 0 Å². The molecule has 4 nitrogen and oxygen atoms in total. The molecule has 7 heteroatoms. The third-order valence-corrected chi connectivity index (χ3v) is 6.31. The second kappa shape index (κ2) is 7.08. The summed E-state index contributed by atoms with van der Waals surface area (Å²) in [6.07, 6.45) is -0.749. The summed E-state index contributed by atoms with van der Waals surface area (Å²) in [6, 6.07) is 1.88. The van der Waals surface area contributed by atoms with Crippen molar-refractivity contribution >= 4 is 17.4 Å². The maximum Gasteiger partial charge on any atom is 0.410 e. The van der Waals surface area contributed by atoms with Gasteiger partial charge in [-0.25, -0.2) is 13.6 Å². The zero-order chi connectivity index (χ0) is 19.1. The Morgan fingerprint density at radius 1 is 1.50 bits per heavy atom. The minimum absolute atomic E-state index is 0.0369. The maximum absolute atomic E-state index is 12.8. The van der Waals surface area contributed by atoms with E-state index in [2.05, 4.69) is 0 Å². The first-order valence-corrected chi connectivity index (χ1v) is 9.95. The van der Waals surface area contributed by atoms with E-state index in [1.807, 2.05) is 33.8 Å². The van der Waals surface area contributed by atoms with Crippen molar-refractivity contribution < 1.29 is 23.0 Å². The fourth-order valence-electron chi connectivity index (χ4n) is 3.87. The number of fused-ring (bicyclic) bond motifs is 2. The molecule has 0 aromatic carbocycles. The monoisotopic (exact) mass is 387 g/mol. The van der Waals surface area contributed by atoms with Crippen molar-refractivity contribution in [2.75, 3.05) is 13.2 Å². The molecule has 2 unspecified atom stereocenters. The third kappa shape index (κ3) is 4.03. The van der Waals surface area contributed by atoms with Crippen LogP contribution in [0, 0.1) is 0 Å². The van der Waals surface area contributed by atoms with E-state index in [-0.39, 0.29) is 18.6 Å². The Bertz CT molecular complexity index is 670. The smallest absolute Gasteiger partial charge is 0.410 e. The molecular weight excluding hydrogens is 360 g/mol. The molecule has 3 rings (SSSR count). The number of halogens is 2. The lowest BCUT2D eigenvalue weighted by Gasteiger charge is -2.46. The molecule has 1 fully saturated rings. The molecule has 0 radical (unpaired) electrons. The number of carbonyl (C=O) groups is 1. The molecule has 0 aliphatic carbocycles. The molecule has 26 heavy (non-hydrogen) atoms. The van der Waals surface area contributed by atoms with Gasteiger partial charge in [-0.05, 0) is 52.2 Å². The first-order valence-electron chi connectivity index (χ1n) is 9.13. The highest BCUT2D eigenvalue weighted by atomic mass is 32.1. The summed E-state index contributed by atoms with van der Waals surface area (Å²) in [7, 11) is 0. The Balaban J connectivity index is 1.78. The summed E-state index contributed by atoms with van der Waals surface area (Å²) in [5.41, 5.74) is 0.143. The second-order valence-corrected chi connectivity index (χ2v) is 9.37. The molecule has 2 aliphatic rings. The van der Waals surface area contributed by atoms with Gasteiger partial charge in [0, 0.05) is 35.2 Å². The predicted molar refractivity (Wildman–Crippen MR) is 97.0 cm³/mol. The van der Waals surface area contributed by atoms with E-state index in [0.29, 0.717) is 26.0 Å². The Kier molecular flexibility index (Phi) is 5.32. The second-order valence-electron chi connectivity index (χ2n) is 8.23. The van der Waals surface area contributed by atoms with Crippen LogP contribution in [-0.4, -0.2) is 42.2 Å². The van der Waals surface area contributed by atoms with Crippen LogP contribution in [0.2, 0.25) is 0 Å². The number of amides is 1. The van der Waals surface area contributed by atoms with E-state index in [1.54, 1.807) is 4.90 Å². The molecule has 1 saturated heterocycles. The van der Waals surface area contributed by atoms with Crippen molar-refractivity contribution in [3.8, 4) is 0 Å². The van der Waals surface area contributed by atoms with Crippen molar-refractivity contribution in [3.63, 3.8) is 0 Å². The van der Waals surface area contributed by atoms with Gasteiger partial charge in [-0.3, -0.25) is 0 Å². The lowest BCUT2D eigenvalue weighted by Crippen LogP contribution is -2.53. The number of hydrogen-bond acceptors (Lipinski definition) is 4. The van der Waals surface area contributed by atoms with Gasteiger partial charge in [-0.2, -0.15) is 0 Å². The van der Waals surface area contributed by atoms with Gasteiger partial charge in [0.2, 0.25) is 6.43 Å². The quantitative estimate of drug-likeness (QED) is 0.736. The molecule has 2 atom stereocenters. The van der Waals surface area contributed by atoms with E-state index in [9.17, 15) is 13.6 Å². The summed E-state index contributed by atoms with van der Waals surface area (Å²) in [6.45, 7) is 8.69. The third-order valence-electron chi connectivity index (χ3n) is 4.92. The van der Waals surface area contributed by atoms with E-state index in [1.165, 1.54) is 11.3 Å². The molecule has 1 aromatic heterocycles. The van der Waals surface area contributed by atoms with Gasteiger partial charge in [0.1, 0.15) is 11.2 Å². The van der Waals surface area contributed by atoms with Crippen LogP contribution in [0.25, 0.3) is 0 Å². The molecule has 146 valence electrons. The minimum atomic E-state index is -2.33. The number of likely N-dealkylation sites (tertiary alicyclic amines) is 1. The molecule has 2 aliphatic heterocycles. The predicted octanol–water partition coefficient (Wildman–Crippen LogP) is 4.74. The first kappa shape index (κ1) is 19.5. The minimum Gasteiger partial charge on any atom is -0.444 e. The van der Waals surface area contributed by atoms with Crippen LogP contribution < -0.4 is 0 Å². The number of thiophene rings is 1. The van der Waals surface area contributed by atoms with Gasteiger partial charge in [-0.15, -0.1) is 11.3 Å². The summed E-state index contributed by atoms with van der Waals surface area (Å²) < 4.78 is 37.2. The first-order chi connectivity index (χ1) is 12.1. The zero-order valence-corrected chi connectivity index (χ0v) is 16.6. The van der Waals surface area contributed by atoms with Crippen LogP contribution in [0.5, 0.6) is 0 Å². The Morgan fingerprint density at radius 3 is 2.85 bits per heavy atom.